The first-order valence-corrected chi connectivity index (χ1v) is 6.39. The lowest BCUT2D eigenvalue weighted by Gasteiger charge is -2.21. The Morgan fingerprint density at radius 3 is 2.55 bits per heavy atom. The van der Waals surface area contributed by atoms with E-state index in [1.165, 1.54) is 6.08 Å². The highest BCUT2D eigenvalue weighted by atomic mass is 16.8. The molecule has 0 bridgehead atoms. The maximum Gasteiger partial charge on any atom is 0.509 e. The van der Waals surface area contributed by atoms with E-state index < -0.39 is 30.3 Å². The number of cyclic esters (lactones) is 2. The SMILES string of the molecule is C[C@H]1OC(C)(C)O[C@@H]1[C@@H]1OC(=O)O[C@H]1/C=C/C=C/C#N. The maximum atomic E-state index is 11.3. The van der Waals surface area contributed by atoms with Gasteiger partial charge in [-0.3, -0.25) is 0 Å². The third-order valence-corrected chi connectivity index (χ3v) is 3.05. The van der Waals surface area contributed by atoms with Gasteiger partial charge in [0.15, 0.2) is 18.0 Å². The Morgan fingerprint density at radius 2 is 1.95 bits per heavy atom. The van der Waals surface area contributed by atoms with Gasteiger partial charge in [0.05, 0.1) is 12.2 Å². The monoisotopic (exact) mass is 279 g/mol. The van der Waals surface area contributed by atoms with Gasteiger partial charge in [0.2, 0.25) is 0 Å². The van der Waals surface area contributed by atoms with E-state index in [9.17, 15) is 4.79 Å². The molecule has 6 nitrogen and oxygen atoms in total. The fourth-order valence-electron chi connectivity index (χ4n) is 2.36. The molecule has 0 saturated carbocycles. The molecule has 0 aromatic heterocycles. The average Bonchev–Trinajstić information content (AvgIpc) is 2.84. The van der Waals surface area contributed by atoms with Gasteiger partial charge in [-0.05, 0) is 26.8 Å². The van der Waals surface area contributed by atoms with Crippen LogP contribution in [0.15, 0.2) is 24.3 Å². The molecule has 2 rings (SSSR count). The van der Waals surface area contributed by atoms with E-state index in [1.54, 1.807) is 18.2 Å². The summed E-state index contributed by atoms with van der Waals surface area (Å²) in [6, 6.07) is 1.87. The van der Waals surface area contributed by atoms with Crippen LogP contribution in [0.2, 0.25) is 0 Å². The highest BCUT2D eigenvalue weighted by Crippen LogP contribution is 2.34. The minimum absolute atomic E-state index is 0.213. The number of nitriles is 1. The summed E-state index contributed by atoms with van der Waals surface area (Å²) in [5.41, 5.74) is 0. The van der Waals surface area contributed by atoms with Crippen LogP contribution >= 0.6 is 0 Å². The molecule has 0 radical (unpaired) electrons. The normalized spacial score (nSPS) is 36.2. The van der Waals surface area contributed by atoms with Crippen molar-refractivity contribution in [3.05, 3.63) is 24.3 Å². The number of hydrogen-bond acceptors (Lipinski definition) is 6. The molecular weight excluding hydrogens is 262 g/mol. The lowest BCUT2D eigenvalue weighted by atomic mass is 10.0. The zero-order valence-electron chi connectivity index (χ0n) is 11.6. The van der Waals surface area contributed by atoms with Crippen LogP contribution in [0.3, 0.4) is 0 Å². The highest BCUT2D eigenvalue weighted by Gasteiger charge is 2.50. The molecule has 0 spiro atoms. The van der Waals surface area contributed by atoms with Gasteiger partial charge >= 0.3 is 6.16 Å². The number of ether oxygens (including phenoxy) is 4. The summed E-state index contributed by atoms with van der Waals surface area (Å²) in [5.74, 6) is -0.714. The first kappa shape index (κ1) is 14.6. The maximum absolute atomic E-state index is 11.3. The molecule has 2 aliphatic rings. The molecule has 2 saturated heterocycles. The van der Waals surface area contributed by atoms with Crippen molar-refractivity contribution in [2.75, 3.05) is 0 Å². The summed E-state index contributed by atoms with van der Waals surface area (Å²) in [6.07, 6.45) is 3.71. The molecule has 0 aromatic rings. The lowest BCUT2D eigenvalue weighted by Crippen LogP contribution is -2.40. The molecule has 6 heteroatoms. The minimum atomic E-state index is -0.727. The summed E-state index contributed by atoms with van der Waals surface area (Å²) in [7, 11) is 0. The summed E-state index contributed by atoms with van der Waals surface area (Å²) in [4.78, 5) is 11.3. The van der Waals surface area contributed by atoms with Crippen LogP contribution in [0.5, 0.6) is 0 Å². The van der Waals surface area contributed by atoms with Gasteiger partial charge in [-0.15, -0.1) is 0 Å². The van der Waals surface area contributed by atoms with E-state index in [0.717, 1.165) is 0 Å². The Kier molecular flexibility index (Phi) is 4.12. The van der Waals surface area contributed by atoms with E-state index in [4.69, 9.17) is 24.2 Å². The first-order valence-electron chi connectivity index (χ1n) is 6.39. The van der Waals surface area contributed by atoms with Crippen molar-refractivity contribution in [2.45, 2.75) is 51.0 Å². The Hall–Kier alpha value is -1.84. The summed E-state index contributed by atoms with van der Waals surface area (Å²) in [5, 5.41) is 8.40. The number of carbonyl (C=O) groups is 1. The predicted molar refractivity (Wildman–Crippen MR) is 68.5 cm³/mol. The second-order valence-corrected chi connectivity index (χ2v) is 5.09. The van der Waals surface area contributed by atoms with Crippen molar-refractivity contribution < 1.29 is 23.7 Å². The average molecular weight is 279 g/mol. The Morgan fingerprint density at radius 1 is 1.20 bits per heavy atom. The molecule has 2 fully saturated rings. The number of nitrogens with zero attached hydrogens (tertiary/aromatic N) is 1. The number of carbonyl (C=O) groups excluding carboxylic acids is 1. The van der Waals surface area contributed by atoms with Crippen molar-refractivity contribution in [2.24, 2.45) is 0 Å². The predicted octanol–water partition coefficient (Wildman–Crippen LogP) is 2.07. The van der Waals surface area contributed by atoms with Gasteiger partial charge < -0.3 is 18.9 Å². The van der Waals surface area contributed by atoms with Crippen LogP contribution in [0.25, 0.3) is 0 Å². The zero-order valence-corrected chi connectivity index (χ0v) is 11.6. The lowest BCUT2D eigenvalue weighted by molar-refractivity contribution is -0.153. The van der Waals surface area contributed by atoms with Gasteiger partial charge in [0.1, 0.15) is 6.10 Å². The molecule has 0 amide bonds. The van der Waals surface area contributed by atoms with E-state index in [0.29, 0.717) is 0 Å². The fraction of sp³-hybridized carbons (Fsp3) is 0.571. The van der Waals surface area contributed by atoms with E-state index in [2.05, 4.69) is 0 Å². The second kappa shape index (κ2) is 5.65. The van der Waals surface area contributed by atoms with Gasteiger partial charge in [-0.2, -0.15) is 5.26 Å². The third kappa shape index (κ3) is 3.18. The molecule has 2 aliphatic heterocycles. The Labute approximate surface area is 117 Å². The number of rotatable bonds is 3. The van der Waals surface area contributed by atoms with Crippen LogP contribution in [0.4, 0.5) is 4.79 Å². The third-order valence-electron chi connectivity index (χ3n) is 3.05. The first-order chi connectivity index (χ1) is 9.43. The van der Waals surface area contributed by atoms with Crippen LogP contribution in [-0.4, -0.2) is 36.4 Å². The smallest absolute Gasteiger partial charge is 0.424 e. The molecule has 0 unspecified atom stereocenters. The van der Waals surface area contributed by atoms with Crippen molar-refractivity contribution in [3.8, 4) is 6.07 Å². The van der Waals surface area contributed by atoms with Gasteiger partial charge in [-0.25, -0.2) is 4.79 Å². The van der Waals surface area contributed by atoms with Crippen LogP contribution < -0.4 is 0 Å². The molecule has 4 atom stereocenters. The van der Waals surface area contributed by atoms with Crippen molar-refractivity contribution in [1.29, 1.82) is 5.26 Å². The summed E-state index contributed by atoms with van der Waals surface area (Å²) < 4.78 is 21.7. The Balaban J connectivity index is 2.09. The molecule has 0 aliphatic carbocycles. The fourth-order valence-corrected chi connectivity index (χ4v) is 2.36. The summed E-state index contributed by atoms with van der Waals surface area (Å²) in [6.45, 7) is 5.48. The molecular formula is C14H17NO5. The van der Waals surface area contributed by atoms with Crippen LogP contribution in [0.1, 0.15) is 20.8 Å². The molecule has 20 heavy (non-hydrogen) atoms. The van der Waals surface area contributed by atoms with Crippen molar-refractivity contribution >= 4 is 6.16 Å². The zero-order chi connectivity index (χ0) is 14.8. The van der Waals surface area contributed by atoms with Crippen molar-refractivity contribution in [3.63, 3.8) is 0 Å². The van der Waals surface area contributed by atoms with Gasteiger partial charge in [0.25, 0.3) is 0 Å². The molecule has 0 N–H and O–H groups in total. The largest absolute Gasteiger partial charge is 0.509 e. The van der Waals surface area contributed by atoms with Crippen molar-refractivity contribution in [1.82, 2.24) is 0 Å². The highest BCUT2D eigenvalue weighted by molar-refractivity contribution is 5.63. The van der Waals surface area contributed by atoms with Crippen LogP contribution in [-0.2, 0) is 18.9 Å². The van der Waals surface area contributed by atoms with Gasteiger partial charge in [0, 0.05) is 6.08 Å². The molecule has 2 heterocycles. The molecule has 0 aromatic carbocycles. The van der Waals surface area contributed by atoms with E-state index >= 15 is 0 Å². The summed E-state index contributed by atoms with van der Waals surface area (Å²) >= 11 is 0. The number of hydrogen-bond donors (Lipinski definition) is 0. The minimum Gasteiger partial charge on any atom is -0.424 e. The second-order valence-electron chi connectivity index (χ2n) is 5.09. The number of allylic oxidation sites excluding steroid dienone is 3. The van der Waals surface area contributed by atoms with Gasteiger partial charge in [-0.1, -0.05) is 12.2 Å². The van der Waals surface area contributed by atoms with Crippen LogP contribution in [0, 0.1) is 11.3 Å². The van der Waals surface area contributed by atoms with E-state index in [1.807, 2.05) is 26.8 Å². The Bertz CT molecular complexity index is 476. The van der Waals surface area contributed by atoms with E-state index in [-0.39, 0.29) is 6.10 Å². The standard InChI is InChI=1S/C14H17NO5/c1-9-11(20-14(2,3)19-9)12-10(17-13(16)18-12)7-5-4-6-8-15/h4-7,9-12H,1-3H3/b6-4+,7-5+/t9-,10+,11+,12-/m1/s1. The molecule has 108 valence electrons. The quantitative estimate of drug-likeness (QED) is 0.447. The topological polar surface area (TPSA) is 77.8 Å².